The molecule has 2 unspecified atom stereocenters. The van der Waals surface area contributed by atoms with Gasteiger partial charge in [-0.3, -0.25) is 5.32 Å². The Morgan fingerprint density at radius 1 is 1.48 bits per heavy atom. The minimum absolute atomic E-state index is 0.251. The van der Waals surface area contributed by atoms with Gasteiger partial charge < -0.3 is 0 Å². The number of thioether (sulfide) groups is 1. The number of hydrogen-bond acceptors (Lipinski definition) is 3. The van der Waals surface area contributed by atoms with Crippen LogP contribution in [-0.4, -0.2) is 17.8 Å². The molecular weight excluding hydrogens is 276 g/mol. The average molecular weight is 302 g/mol. The second kappa shape index (κ2) is 7.87. The van der Waals surface area contributed by atoms with Crippen LogP contribution in [0.1, 0.15) is 43.7 Å². The van der Waals surface area contributed by atoms with Crippen LogP contribution < -0.4 is 5.32 Å². The van der Waals surface area contributed by atoms with Crippen LogP contribution in [0.2, 0.25) is 0 Å². The molecule has 0 spiro atoms. The number of aryl methyl sites for hydroxylation is 1. The first kappa shape index (κ1) is 16.4. The number of hydrogen-bond donors (Lipinski definition) is 1. The third kappa shape index (κ3) is 4.25. The van der Waals surface area contributed by atoms with Gasteiger partial charge in [0, 0.05) is 5.75 Å². The number of rotatable bonds is 7. The van der Waals surface area contributed by atoms with Gasteiger partial charge in [-0.25, -0.2) is 0 Å². The topological polar surface area (TPSA) is 35.8 Å². The largest absolute Gasteiger partial charge is 0.299 e. The molecule has 2 rings (SSSR count). The smallest absolute Gasteiger partial charge is 0.109 e. The van der Waals surface area contributed by atoms with E-state index in [1.54, 1.807) is 0 Å². The van der Waals surface area contributed by atoms with E-state index in [4.69, 9.17) is 0 Å². The van der Waals surface area contributed by atoms with Gasteiger partial charge in [0.05, 0.1) is 6.07 Å². The summed E-state index contributed by atoms with van der Waals surface area (Å²) < 4.78 is 0. The fraction of sp³-hybridized carbons (Fsp3) is 0.611. The van der Waals surface area contributed by atoms with Gasteiger partial charge in [0.2, 0.25) is 0 Å². The van der Waals surface area contributed by atoms with Crippen LogP contribution in [0.25, 0.3) is 0 Å². The molecule has 0 radical (unpaired) electrons. The standard InChI is InChI=1S/C18H26N2S/c1-3-20-18(14-19)10-5-8-17(18)9-11-21-13-16-7-4-6-15(2)12-16/h4,6-7,12,17,20H,3,5,8-11,13H2,1-2H3. The Bertz CT molecular complexity index is 494. The second-order valence-electron chi connectivity index (χ2n) is 6.03. The molecular formula is C18H26N2S. The summed E-state index contributed by atoms with van der Waals surface area (Å²) in [6.07, 6.45) is 4.56. The molecule has 1 fully saturated rings. The minimum Gasteiger partial charge on any atom is -0.299 e. The van der Waals surface area contributed by atoms with E-state index in [1.807, 2.05) is 11.8 Å². The molecule has 0 aromatic heterocycles. The monoisotopic (exact) mass is 302 g/mol. The number of benzene rings is 1. The molecule has 1 saturated carbocycles. The van der Waals surface area contributed by atoms with Crippen molar-refractivity contribution in [2.45, 2.75) is 50.8 Å². The fourth-order valence-electron chi connectivity index (χ4n) is 3.42. The van der Waals surface area contributed by atoms with Gasteiger partial charge in [0.15, 0.2) is 0 Å². The molecule has 114 valence electrons. The maximum atomic E-state index is 9.56. The first-order chi connectivity index (χ1) is 10.2. The Hall–Kier alpha value is -0.980. The third-order valence-electron chi connectivity index (χ3n) is 4.47. The number of nitrogens with zero attached hydrogens (tertiary/aromatic N) is 1. The van der Waals surface area contributed by atoms with Crippen molar-refractivity contribution in [2.24, 2.45) is 5.92 Å². The van der Waals surface area contributed by atoms with Gasteiger partial charge in [-0.15, -0.1) is 0 Å². The average Bonchev–Trinajstić information content (AvgIpc) is 2.87. The van der Waals surface area contributed by atoms with Crippen molar-refractivity contribution in [1.82, 2.24) is 5.32 Å². The lowest BCUT2D eigenvalue weighted by molar-refractivity contribution is 0.317. The number of nitrogens with one attached hydrogen (secondary N) is 1. The summed E-state index contributed by atoms with van der Waals surface area (Å²) in [4.78, 5) is 0. The molecule has 0 heterocycles. The lowest BCUT2D eigenvalue weighted by Gasteiger charge is -2.29. The summed E-state index contributed by atoms with van der Waals surface area (Å²) in [5.41, 5.74) is 2.49. The van der Waals surface area contributed by atoms with E-state index in [2.05, 4.69) is 49.5 Å². The maximum absolute atomic E-state index is 9.56. The molecule has 1 N–H and O–H groups in total. The van der Waals surface area contributed by atoms with Gasteiger partial charge in [-0.2, -0.15) is 17.0 Å². The summed E-state index contributed by atoms with van der Waals surface area (Å²) in [6.45, 7) is 5.13. The van der Waals surface area contributed by atoms with Crippen molar-refractivity contribution >= 4 is 11.8 Å². The highest BCUT2D eigenvalue weighted by molar-refractivity contribution is 7.98. The molecule has 2 atom stereocenters. The van der Waals surface area contributed by atoms with Gasteiger partial charge in [-0.1, -0.05) is 43.2 Å². The molecule has 1 aromatic rings. The second-order valence-corrected chi connectivity index (χ2v) is 7.14. The molecule has 21 heavy (non-hydrogen) atoms. The fourth-order valence-corrected chi connectivity index (χ4v) is 4.43. The van der Waals surface area contributed by atoms with Crippen LogP contribution in [0.15, 0.2) is 24.3 Å². The van der Waals surface area contributed by atoms with Crippen LogP contribution >= 0.6 is 11.8 Å². The first-order valence-corrected chi connectivity index (χ1v) is 9.15. The third-order valence-corrected chi connectivity index (χ3v) is 5.54. The van der Waals surface area contributed by atoms with Gasteiger partial charge in [0.25, 0.3) is 0 Å². The van der Waals surface area contributed by atoms with E-state index in [9.17, 15) is 5.26 Å². The zero-order valence-electron chi connectivity index (χ0n) is 13.2. The summed E-state index contributed by atoms with van der Waals surface area (Å²) in [5.74, 6) is 2.75. The van der Waals surface area contributed by atoms with Crippen molar-refractivity contribution < 1.29 is 0 Å². The summed E-state index contributed by atoms with van der Waals surface area (Å²) >= 11 is 1.99. The summed E-state index contributed by atoms with van der Waals surface area (Å²) in [5, 5.41) is 13.0. The maximum Gasteiger partial charge on any atom is 0.109 e. The van der Waals surface area contributed by atoms with Crippen molar-refractivity contribution in [3.8, 4) is 6.07 Å². The summed E-state index contributed by atoms with van der Waals surface area (Å²) in [7, 11) is 0. The van der Waals surface area contributed by atoms with Gasteiger partial charge >= 0.3 is 0 Å². The van der Waals surface area contributed by atoms with E-state index in [1.165, 1.54) is 24.0 Å². The SMILES string of the molecule is CCNC1(C#N)CCCC1CCSCc1cccc(C)c1. The lowest BCUT2D eigenvalue weighted by atomic mass is 9.86. The van der Waals surface area contributed by atoms with E-state index >= 15 is 0 Å². The van der Waals surface area contributed by atoms with Crippen molar-refractivity contribution in [1.29, 1.82) is 5.26 Å². The van der Waals surface area contributed by atoms with Gasteiger partial charge in [0.1, 0.15) is 5.54 Å². The van der Waals surface area contributed by atoms with Gasteiger partial charge in [-0.05, 0) is 50.0 Å². The van der Waals surface area contributed by atoms with Crippen LogP contribution in [0.3, 0.4) is 0 Å². The predicted molar refractivity (Wildman–Crippen MR) is 91.3 cm³/mol. The van der Waals surface area contributed by atoms with E-state index in [-0.39, 0.29) is 5.54 Å². The van der Waals surface area contributed by atoms with Crippen LogP contribution in [0.4, 0.5) is 0 Å². The van der Waals surface area contributed by atoms with E-state index < -0.39 is 0 Å². The molecule has 0 aliphatic heterocycles. The Morgan fingerprint density at radius 2 is 2.33 bits per heavy atom. The Kier molecular flexibility index (Phi) is 6.14. The molecule has 0 bridgehead atoms. The van der Waals surface area contributed by atoms with Crippen molar-refractivity contribution in [3.63, 3.8) is 0 Å². The van der Waals surface area contributed by atoms with Crippen LogP contribution in [-0.2, 0) is 5.75 Å². The quantitative estimate of drug-likeness (QED) is 0.763. The molecule has 0 amide bonds. The lowest BCUT2D eigenvalue weighted by Crippen LogP contribution is -2.47. The zero-order chi connectivity index (χ0) is 15.1. The van der Waals surface area contributed by atoms with Crippen molar-refractivity contribution in [2.75, 3.05) is 12.3 Å². The molecule has 1 aliphatic rings. The Balaban J connectivity index is 1.79. The number of nitriles is 1. The highest BCUT2D eigenvalue weighted by Gasteiger charge is 2.41. The molecule has 1 aromatic carbocycles. The first-order valence-electron chi connectivity index (χ1n) is 8.00. The van der Waals surface area contributed by atoms with E-state index in [0.717, 1.165) is 30.9 Å². The van der Waals surface area contributed by atoms with Crippen LogP contribution in [0.5, 0.6) is 0 Å². The molecule has 3 heteroatoms. The Labute approximate surface area is 133 Å². The molecule has 1 aliphatic carbocycles. The van der Waals surface area contributed by atoms with E-state index in [0.29, 0.717) is 5.92 Å². The summed E-state index contributed by atoms with van der Waals surface area (Å²) in [6, 6.07) is 11.3. The minimum atomic E-state index is -0.251. The van der Waals surface area contributed by atoms with Crippen molar-refractivity contribution in [3.05, 3.63) is 35.4 Å². The predicted octanol–water partition coefficient (Wildman–Crippen LogP) is 4.29. The van der Waals surface area contributed by atoms with Crippen LogP contribution in [0, 0.1) is 24.2 Å². The zero-order valence-corrected chi connectivity index (χ0v) is 14.0. The highest BCUT2D eigenvalue weighted by Crippen LogP contribution is 2.38. The highest BCUT2D eigenvalue weighted by atomic mass is 32.2. The normalized spacial score (nSPS) is 24.9. The molecule has 2 nitrogen and oxygen atoms in total. The molecule has 0 saturated heterocycles. The Morgan fingerprint density at radius 3 is 3.05 bits per heavy atom.